The van der Waals surface area contributed by atoms with E-state index in [-0.39, 0.29) is 11.9 Å². The fourth-order valence-corrected chi connectivity index (χ4v) is 2.59. The van der Waals surface area contributed by atoms with Crippen LogP contribution in [0.3, 0.4) is 0 Å². The van der Waals surface area contributed by atoms with E-state index in [4.69, 9.17) is 11.6 Å². The normalized spacial score (nSPS) is 19.9. The minimum absolute atomic E-state index is 0.188. The van der Waals surface area contributed by atoms with Gasteiger partial charge in [-0.15, -0.1) is 0 Å². The number of carbonyl (C=O) groups is 1. The van der Waals surface area contributed by atoms with E-state index >= 15 is 0 Å². The van der Waals surface area contributed by atoms with Gasteiger partial charge >= 0.3 is 0 Å². The maximum absolute atomic E-state index is 11.8. The standard InChI is InChI=1S/C14H19ClN2O/c1-3-14(18)17-8-7-16-13(9-17)11-5-4-6-12(15)10(11)2/h4-6,13,16H,3,7-9H2,1-2H3. The second-order valence-corrected chi connectivity index (χ2v) is 5.06. The van der Waals surface area contributed by atoms with Crippen LogP contribution in [0.2, 0.25) is 5.02 Å². The highest BCUT2D eigenvalue weighted by molar-refractivity contribution is 6.31. The second-order valence-electron chi connectivity index (χ2n) is 4.65. The number of amides is 1. The maximum atomic E-state index is 11.8. The number of carbonyl (C=O) groups excluding carboxylic acids is 1. The van der Waals surface area contributed by atoms with Crippen LogP contribution in [0.4, 0.5) is 0 Å². The zero-order valence-corrected chi connectivity index (χ0v) is 11.6. The Bertz CT molecular complexity index is 447. The van der Waals surface area contributed by atoms with E-state index < -0.39 is 0 Å². The maximum Gasteiger partial charge on any atom is 0.222 e. The number of nitrogens with zero attached hydrogens (tertiary/aromatic N) is 1. The number of nitrogens with one attached hydrogen (secondary N) is 1. The van der Waals surface area contributed by atoms with Gasteiger partial charge in [-0.05, 0) is 24.1 Å². The molecular weight excluding hydrogens is 248 g/mol. The van der Waals surface area contributed by atoms with E-state index in [2.05, 4.69) is 11.4 Å². The molecule has 4 heteroatoms. The molecule has 1 saturated heterocycles. The Balaban J connectivity index is 2.18. The van der Waals surface area contributed by atoms with Gasteiger partial charge in [0.1, 0.15) is 0 Å². The number of hydrogen-bond acceptors (Lipinski definition) is 2. The summed E-state index contributed by atoms with van der Waals surface area (Å²) in [6, 6.07) is 6.14. The SMILES string of the molecule is CCC(=O)N1CCNC(c2cccc(Cl)c2C)C1. The van der Waals surface area contributed by atoms with E-state index in [0.717, 1.165) is 30.2 Å². The predicted molar refractivity (Wildman–Crippen MR) is 73.8 cm³/mol. The van der Waals surface area contributed by atoms with Gasteiger partial charge in [0.05, 0.1) is 6.04 Å². The molecule has 2 rings (SSSR count). The lowest BCUT2D eigenvalue weighted by Gasteiger charge is -2.34. The minimum Gasteiger partial charge on any atom is -0.340 e. The molecule has 0 radical (unpaired) electrons. The fraction of sp³-hybridized carbons (Fsp3) is 0.500. The van der Waals surface area contributed by atoms with Crippen LogP contribution in [0.1, 0.15) is 30.5 Å². The molecular formula is C14H19ClN2O. The molecule has 0 aliphatic carbocycles. The fourth-order valence-electron chi connectivity index (χ4n) is 2.41. The summed E-state index contributed by atoms with van der Waals surface area (Å²) in [4.78, 5) is 13.7. The Hall–Kier alpha value is -1.06. The van der Waals surface area contributed by atoms with Crippen LogP contribution in [0.5, 0.6) is 0 Å². The second kappa shape index (κ2) is 5.72. The average molecular weight is 267 g/mol. The van der Waals surface area contributed by atoms with Gasteiger partial charge in [-0.25, -0.2) is 0 Å². The Morgan fingerprint density at radius 1 is 1.56 bits per heavy atom. The van der Waals surface area contributed by atoms with Gasteiger partial charge in [-0.3, -0.25) is 4.79 Å². The summed E-state index contributed by atoms with van der Waals surface area (Å²) in [5, 5.41) is 4.25. The van der Waals surface area contributed by atoms with Crippen LogP contribution in [0, 0.1) is 6.92 Å². The van der Waals surface area contributed by atoms with Gasteiger partial charge in [-0.1, -0.05) is 30.7 Å². The smallest absolute Gasteiger partial charge is 0.222 e. The van der Waals surface area contributed by atoms with Crippen molar-refractivity contribution in [3.8, 4) is 0 Å². The van der Waals surface area contributed by atoms with Crippen molar-refractivity contribution in [2.45, 2.75) is 26.3 Å². The molecule has 1 heterocycles. The van der Waals surface area contributed by atoms with Crippen LogP contribution in [-0.4, -0.2) is 30.4 Å². The van der Waals surface area contributed by atoms with Crippen molar-refractivity contribution in [1.82, 2.24) is 10.2 Å². The van der Waals surface area contributed by atoms with E-state index in [9.17, 15) is 4.79 Å². The summed E-state index contributed by atoms with van der Waals surface area (Å²) < 4.78 is 0. The topological polar surface area (TPSA) is 32.3 Å². The number of benzene rings is 1. The first-order valence-corrected chi connectivity index (χ1v) is 6.77. The molecule has 0 aromatic heterocycles. The van der Waals surface area contributed by atoms with Crippen molar-refractivity contribution in [2.75, 3.05) is 19.6 Å². The Morgan fingerprint density at radius 2 is 2.33 bits per heavy atom. The van der Waals surface area contributed by atoms with Gasteiger partial charge in [-0.2, -0.15) is 0 Å². The first kappa shape index (κ1) is 13.4. The Labute approximate surface area is 113 Å². The van der Waals surface area contributed by atoms with Crippen LogP contribution >= 0.6 is 11.6 Å². The molecule has 18 heavy (non-hydrogen) atoms. The molecule has 1 aromatic rings. The quantitative estimate of drug-likeness (QED) is 0.892. The summed E-state index contributed by atoms with van der Waals surface area (Å²) >= 11 is 6.15. The number of hydrogen-bond donors (Lipinski definition) is 1. The van der Waals surface area contributed by atoms with Crippen molar-refractivity contribution in [3.05, 3.63) is 34.3 Å². The highest BCUT2D eigenvalue weighted by Crippen LogP contribution is 2.26. The van der Waals surface area contributed by atoms with Gasteiger partial charge in [0, 0.05) is 31.1 Å². The lowest BCUT2D eigenvalue weighted by atomic mass is 9.99. The lowest BCUT2D eigenvalue weighted by Crippen LogP contribution is -2.48. The predicted octanol–water partition coefficient (Wildman–Crippen LogP) is 2.53. The van der Waals surface area contributed by atoms with E-state index in [1.54, 1.807) is 0 Å². The first-order chi connectivity index (χ1) is 8.63. The van der Waals surface area contributed by atoms with Crippen molar-refractivity contribution in [3.63, 3.8) is 0 Å². The molecule has 0 saturated carbocycles. The lowest BCUT2D eigenvalue weighted by molar-refractivity contribution is -0.132. The third kappa shape index (κ3) is 2.68. The first-order valence-electron chi connectivity index (χ1n) is 6.39. The highest BCUT2D eigenvalue weighted by atomic mass is 35.5. The molecule has 1 unspecified atom stereocenters. The van der Waals surface area contributed by atoms with Crippen molar-refractivity contribution >= 4 is 17.5 Å². The summed E-state index contributed by atoms with van der Waals surface area (Å²) in [5.41, 5.74) is 2.29. The number of rotatable bonds is 2. The van der Waals surface area contributed by atoms with E-state index in [1.165, 1.54) is 5.56 Å². The third-order valence-corrected chi connectivity index (χ3v) is 3.93. The van der Waals surface area contributed by atoms with Gasteiger partial charge in [0.15, 0.2) is 0 Å². The minimum atomic E-state index is 0.188. The molecule has 1 amide bonds. The molecule has 1 fully saturated rings. The monoisotopic (exact) mass is 266 g/mol. The molecule has 1 aliphatic heterocycles. The van der Waals surface area contributed by atoms with E-state index in [1.807, 2.05) is 30.9 Å². The number of piperazine rings is 1. The largest absolute Gasteiger partial charge is 0.340 e. The molecule has 98 valence electrons. The van der Waals surface area contributed by atoms with Crippen LogP contribution in [0.15, 0.2) is 18.2 Å². The summed E-state index contributed by atoms with van der Waals surface area (Å²) in [7, 11) is 0. The van der Waals surface area contributed by atoms with Crippen LogP contribution in [0.25, 0.3) is 0 Å². The number of halogens is 1. The molecule has 1 N–H and O–H groups in total. The van der Waals surface area contributed by atoms with Crippen molar-refractivity contribution < 1.29 is 4.79 Å². The molecule has 1 atom stereocenters. The van der Waals surface area contributed by atoms with Crippen molar-refractivity contribution in [2.24, 2.45) is 0 Å². The molecule has 0 spiro atoms. The molecule has 3 nitrogen and oxygen atoms in total. The van der Waals surface area contributed by atoms with Crippen molar-refractivity contribution in [1.29, 1.82) is 0 Å². The third-order valence-electron chi connectivity index (χ3n) is 3.52. The molecule has 0 bridgehead atoms. The highest BCUT2D eigenvalue weighted by Gasteiger charge is 2.24. The van der Waals surface area contributed by atoms with Gasteiger partial charge < -0.3 is 10.2 Å². The summed E-state index contributed by atoms with van der Waals surface area (Å²) in [6.07, 6.45) is 0.571. The molecule has 1 aromatic carbocycles. The Kier molecular flexibility index (Phi) is 4.25. The summed E-state index contributed by atoms with van der Waals surface area (Å²) in [6.45, 7) is 6.29. The average Bonchev–Trinajstić information content (AvgIpc) is 2.41. The van der Waals surface area contributed by atoms with Crippen LogP contribution < -0.4 is 5.32 Å². The van der Waals surface area contributed by atoms with Crippen LogP contribution in [-0.2, 0) is 4.79 Å². The zero-order valence-electron chi connectivity index (χ0n) is 10.9. The summed E-state index contributed by atoms with van der Waals surface area (Å²) in [5.74, 6) is 0.223. The van der Waals surface area contributed by atoms with Gasteiger partial charge in [0.25, 0.3) is 0 Å². The van der Waals surface area contributed by atoms with E-state index in [0.29, 0.717) is 6.42 Å². The Morgan fingerprint density at radius 3 is 3.06 bits per heavy atom. The van der Waals surface area contributed by atoms with Gasteiger partial charge in [0.2, 0.25) is 5.91 Å². The molecule has 1 aliphatic rings. The zero-order chi connectivity index (χ0) is 13.1.